The van der Waals surface area contributed by atoms with E-state index in [-0.39, 0.29) is 11.3 Å². The molecule has 0 aliphatic heterocycles. The van der Waals surface area contributed by atoms with Crippen LogP contribution < -0.4 is 14.8 Å². The zero-order valence-electron chi connectivity index (χ0n) is 21.7. The lowest BCUT2D eigenvalue weighted by Gasteiger charge is -2.62. The monoisotopic (exact) mass is 493 g/mol. The Morgan fingerprint density at radius 1 is 0.811 bits per heavy atom. The Bertz CT molecular complexity index is 1300. The molecule has 0 radical (unpaired) electrons. The first-order valence-electron chi connectivity index (χ1n) is 13.4. The van der Waals surface area contributed by atoms with Gasteiger partial charge in [0.25, 0.3) is 0 Å². The quantitative estimate of drug-likeness (QED) is 0.356. The Morgan fingerprint density at radius 3 is 2.05 bits per heavy atom. The van der Waals surface area contributed by atoms with Gasteiger partial charge in [0.1, 0.15) is 0 Å². The molecule has 0 saturated heterocycles. The minimum atomic E-state index is -0.152. The highest BCUT2D eigenvalue weighted by Crippen LogP contribution is 2.66. The SMILES string of the molecule is COc1ccc(C=CC(=O)Nc2ccc(C34CC5CC(CC(c6ccccc6)(C5)C3)C4)cc2)cc1OC. The van der Waals surface area contributed by atoms with Crippen LogP contribution in [0.2, 0.25) is 0 Å². The van der Waals surface area contributed by atoms with Crippen LogP contribution in [0.3, 0.4) is 0 Å². The van der Waals surface area contributed by atoms with Crippen molar-refractivity contribution < 1.29 is 14.3 Å². The van der Waals surface area contributed by atoms with Gasteiger partial charge in [0.15, 0.2) is 11.5 Å². The van der Waals surface area contributed by atoms with Gasteiger partial charge in [-0.05, 0) is 108 Å². The maximum atomic E-state index is 12.6. The van der Waals surface area contributed by atoms with Gasteiger partial charge in [-0.15, -0.1) is 0 Å². The van der Waals surface area contributed by atoms with E-state index in [1.807, 2.05) is 18.2 Å². The van der Waals surface area contributed by atoms with Crippen molar-refractivity contribution in [2.45, 2.75) is 49.4 Å². The molecule has 4 nitrogen and oxygen atoms in total. The van der Waals surface area contributed by atoms with Crippen molar-refractivity contribution in [3.8, 4) is 11.5 Å². The first-order valence-corrected chi connectivity index (χ1v) is 13.4. The van der Waals surface area contributed by atoms with E-state index in [2.05, 4.69) is 59.9 Å². The molecule has 1 amide bonds. The fourth-order valence-electron chi connectivity index (χ4n) is 7.95. The molecule has 4 heteroatoms. The van der Waals surface area contributed by atoms with E-state index in [0.29, 0.717) is 16.9 Å². The molecule has 4 fully saturated rings. The third-order valence-electron chi connectivity index (χ3n) is 9.05. The molecule has 1 N–H and O–H groups in total. The highest BCUT2D eigenvalue weighted by Gasteiger charge is 2.58. The Hall–Kier alpha value is -3.53. The van der Waals surface area contributed by atoms with E-state index in [1.165, 1.54) is 44.1 Å². The van der Waals surface area contributed by atoms with Gasteiger partial charge in [0.2, 0.25) is 5.91 Å². The van der Waals surface area contributed by atoms with Gasteiger partial charge < -0.3 is 14.8 Å². The molecular weight excluding hydrogens is 458 g/mol. The fraction of sp³-hybridized carbons (Fsp3) is 0.364. The molecule has 7 rings (SSSR count). The molecule has 2 unspecified atom stereocenters. The number of hydrogen-bond acceptors (Lipinski definition) is 3. The van der Waals surface area contributed by atoms with E-state index in [9.17, 15) is 4.79 Å². The van der Waals surface area contributed by atoms with Crippen LogP contribution >= 0.6 is 0 Å². The molecular formula is C33H35NO3. The van der Waals surface area contributed by atoms with Crippen molar-refractivity contribution >= 4 is 17.7 Å². The summed E-state index contributed by atoms with van der Waals surface area (Å²) in [6.45, 7) is 0. The van der Waals surface area contributed by atoms with Crippen LogP contribution in [0.5, 0.6) is 11.5 Å². The van der Waals surface area contributed by atoms with Crippen LogP contribution in [0.15, 0.2) is 78.9 Å². The van der Waals surface area contributed by atoms with Crippen molar-refractivity contribution in [3.63, 3.8) is 0 Å². The first kappa shape index (κ1) is 23.8. The summed E-state index contributed by atoms with van der Waals surface area (Å²) in [5.74, 6) is 2.79. The number of anilines is 1. The molecule has 0 spiro atoms. The van der Waals surface area contributed by atoms with Crippen molar-refractivity contribution in [3.05, 3.63) is 95.6 Å². The van der Waals surface area contributed by atoms with E-state index >= 15 is 0 Å². The number of methoxy groups -OCH3 is 2. The van der Waals surface area contributed by atoms with Gasteiger partial charge in [-0.3, -0.25) is 4.79 Å². The van der Waals surface area contributed by atoms with E-state index in [0.717, 1.165) is 23.1 Å². The molecule has 3 aromatic rings. The number of rotatable bonds is 7. The van der Waals surface area contributed by atoms with E-state index < -0.39 is 0 Å². The number of nitrogens with one attached hydrogen (secondary N) is 1. The highest BCUT2D eigenvalue weighted by molar-refractivity contribution is 6.02. The third kappa shape index (κ3) is 4.43. The average molecular weight is 494 g/mol. The molecule has 190 valence electrons. The molecule has 3 aromatic carbocycles. The lowest BCUT2D eigenvalue weighted by molar-refractivity contribution is -0.111. The minimum absolute atomic E-state index is 0.152. The summed E-state index contributed by atoms with van der Waals surface area (Å²) in [4.78, 5) is 12.6. The summed E-state index contributed by atoms with van der Waals surface area (Å²) in [6.07, 6.45) is 11.3. The number of benzene rings is 3. The predicted octanol–water partition coefficient (Wildman–Crippen LogP) is 7.15. The number of hydrogen-bond donors (Lipinski definition) is 1. The summed E-state index contributed by atoms with van der Waals surface area (Å²) < 4.78 is 10.6. The minimum Gasteiger partial charge on any atom is -0.493 e. The van der Waals surface area contributed by atoms with Gasteiger partial charge in [-0.25, -0.2) is 0 Å². The largest absolute Gasteiger partial charge is 0.493 e. The van der Waals surface area contributed by atoms with Gasteiger partial charge in [-0.2, -0.15) is 0 Å². The van der Waals surface area contributed by atoms with Gasteiger partial charge in [0, 0.05) is 11.8 Å². The van der Waals surface area contributed by atoms with Crippen LogP contribution in [0.4, 0.5) is 5.69 Å². The second-order valence-electron chi connectivity index (χ2n) is 11.4. The zero-order chi connectivity index (χ0) is 25.5. The molecule has 4 aliphatic rings. The van der Waals surface area contributed by atoms with Crippen molar-refractivity contribution in [1.29, 1.82) is 0 Å². The van der Waals surface area contributed by atoms with Gasteiger partial charge in [-0.1, -0.05) is 48.5 Å². The van der Waals surface area contributed by atoms with Gasteiger partial charge in [0.05, 0.1) is 14.2 Å². The van der Waals surface area contributed by atoms with Crippen molar-refractivity contribution in [1.82, 2.24) is 0 Å². The van der Waals surface area contributed by atoms with Crippen LogP contribution in [0, 0.1) is 11.8 Å². The maximum absolute atomic E-state index is 12.6. The number of amides is 1. The molecule has 0 heterocycles. The van der Waals surface area contributed by atoms with Crippen molar-refractivity contribution in [2.24, 2.45) is 11.8 Å². The Morgan fingerprint density at radius 2 is 1.43 bits per heavy atom. The molecule has 4 saturated carbocycles. The fourth-order valence-corrected chi connectivity index (χ4v) is 7.95. The Labute approximate surface area is 219 Å². The van der Waals surface area contributed by atoms with Crippen LogP contribution in [-0.4, -0.2) is 20.1 Å². The molecule has 37 heavy (non-hydrogen) atoms. The van der Waals surface area contributed by atoms with Crippen LogP contribution in [0.1, 0.15) is 55.2 Å². The summed E-state index contributed by atoms with van der Waals surface area (Å²) >= 11 is 0. The Balaban J connectivity index is 1.17. The second-order valence-corrected chi connectivity index (χ2v) is 11.4. The topological polar surface area (TPSA) is 47.6 Å². The number of carbonyl (C=O) groups is 1. The first-order chi connectivity index (χ1) is 18.0. The molecule has 0 aromatic heterocycles. The normalized spacial score (nSPS) is 27.8. The Kier molecular flexibility index (Phi) is 6.06. The maximum Gasteiger partial charge on any atom is 0.248 e. The summed E-state index contributed by atoms with van der Waals surface area (Å²) in [7, 11) is 3.21. The third-order valence-corrected chi connectivity index (χ3v) is 9.05. The second kappa shape index (κ2) is 9.41. The highest BCUT2D eigenvalue weighted by atomic mass is 16.5. The zero-order valence-corrected chi connectivity index (χ0v) is 21.7. The van der Waals surface area contributed by atoms with E-state index in [4.69, 9.17) is 9.47 Å². The standard InChI is InChI=1S/C33H35NO3/c1-36-29-14-8-23(17-30(29)37-2)9-15-31(35)34-28-12-10-27(11-13-28)33-20-24-16-25(21-33)19-32(18-24,22-33)26-6-4-3-5-7-26/h3-15,17,24-25H,16,18-22H2,1-2H3,(H,34,35). The van der Waals surface area contributed by atoms with Gasteiger partial charge >= 0.3 is 0 Å². The summed E-state index contributed by atoms with van der Waals surface area (Å²) in [5, 5.41) is 3.02. The summed E-state index contributed by atoms with van der Waals surface area (Å²) in [5.41, 5.74) is 5.27. The molecule has 2 atom stereocenters. The lowest BCUT2D eigenvalue weighted by atomic mass is 9.42. The number of carbonyl (C=O) groups excluding carboxylic acids is 1. The molecule has 4 bridgehead atoms. The lowest BCUT2D eigenvalue weighted by Crippen LogP contribution is -2.55. The summed E-state index contributed by atoms with van der Waals surface area (Å²) in [6, 6.07) is 25.5. The number of ether oxygens (including phenoxy) is 2. The van der Waals surface area contributed by atoms with Crippen LogP contribution in [-0.2, 0) is 15.6 Å². The molecule has 4 aliphatic carbocycles. The van der Waals surface area contributed by atoms with Crippen molar-refractivity contribution in [2.75, 3.05) is 19.5 Å². The van der Waals surface area contributed by atoms with E-state index in [1.54, 1.807) is 31.9 Å². The predicted molar refractivity (Wildman–Crippen MR) is 148 cm³/mol. The average Bonchev–Trinajstić information content (AvgIpc) is 2.92. The van der Waals surface area contributed by atoms with Crippen LogP contribution in [0.25, 0.3) is 6.08 Å². The smallest absolute Gasteiger partial charge is 0.248 e.